The van der Waals surface area contributed by atoms with Gasteiger partial charge in [0.1, 0.15) is 0 Å². The minimum Gasteiger partial charge on any atom is -0.314 e. The van der Waals surface area contributed by atoms with Crippen molar-refractivity contribution in [1.29, 1.82) is 0 Å². The molecule has 28 heavy (non-hydrogen) atoms. The van der Waals surface area contributed by atoms with Crippen LogP contribution in [0.4, 0.5) is 11.4 Å². The number of hydrogen-bond acceptors (Lipinski definition) is 3. The van der Waals surface area contributed by atoms with Gasteiger partial charge in [0.05, 0.1) is 17.8 Å². The molecule has 2 aromatic carbocycles. The second kappa shape index (κ2) is 9.02. The maximum absolute atomic E-state index is 13.1. The number of likely N-dealkylation sites (N-methyl/N-ethyl adjacent to an activating group) is 1. The summed E-state index contributed by atoms with van der Waals surface area (Å²) in [4.78, 5) is 31.4. The topological polar surface area (TPSA) is 43.9 Å². The Kier molecular flexibility index (Phi) is 6.47. The van der Waals surface area contributed by atoms with Crippen LogP contribution in [0.2, 0.25) is 0 Å². The maximum Gasteiger partial charge on any atom is 0.260 e. The van der Waals surface area contributed by atoms with Gasteiger partial charge in [0.15, 0.2) is 0 Å². The zero-order valence-corrected chi connectivity index (χ0v) is 17.0. The van der Waals surface area contributed by atoms with Crippen molar-refractivity contribution in [1.82, 2.24) is 4.90 Å². The third-order valence-electron chi connectivity index (χ3n) is 5.40. The monoisotopic (exact) mass is 379 g/mol. The molecule has 0 bridgehead atoms. The normalized spacial score (nSPS) is 14.5. The Morgan fingerprint density at radius 2 is 1.54 bits per heavy atom. The van der Waals surface area contributed by atoms with E-state index in [0.717, 1.165) is 37.2 Å². The fourth-order valence-electron chi connectivity index (χ4n) is 3.56. The molecule has 1 aliphatic rings. The Bertz CT molecular complexity index is 826. The second-order valence-corrected chi connectivity index (χ2v) is 7.51. The van der Waals surface area contributed by atoms with Crippen molar-refractivity contribution in [3.05, 3.63) is 59.7 Å². The van der Waals surface area contributed by atoms with Crippen molar-refractivity contribution in [2.24, 2.45) is 0 Å². The molecule has 0 radical (unpaired) electrons. The first-order chi connectivity index (χ1) is 13.5. The summed E-state index contributed by atoms with van der Waals surface area (Å²) < 4.78 is 0. The molecule has 3 rings (SSSR count). The molecule has 0 aromatic heterocycles. The molecule has 1 saturated heterocycles. The van der Waals surface area contributed by atoms with E-state index in [1.54, 1.807) is 30.0 Å². The number of anilines is 2. The van der Waals surface area contributed by atoms with E-state index in [1.165, 1.54) is 6.42 Å². The molecule has 0 unspecified atom stereocenters. The fourth-order valence-corrected chi connectivity index (χ4v) is 3.56. The van der Waals surface area contributed by atoms with Crippen molar-refractivity contribution in [2.75, 3.05) is 43.5 Å². The van der Waals surface area contributed by atoms with Crippen molar-refractivity contribution in [3.63, 3.8) is 0 Å². The van der Waals surface area contributed by atoms with E-state index in [9.17, 15) is 9.59 Å². The Hall–Kier alpha value is -2.66. The standard InChI is InChI=1S/C23H29N3O2/c1-18-11-13-19(14-12-18)24(2)23(28)20-9-5-6-10-21(20)25(3)22(27)17-26-15-7-4-8-16-26/h5-6,9-14H,4,7-8,15-17H2,1-3H3. The highest BCUT2D eigenvalue weighted by atomic mass is 16.2. The number of para-hydroxylation sites is 1. The molecule has 0 spiro atoms. The number of aryl methyl sites for hydroxylation is 1. The number of piperidine rings is 1. The number of carbonyl (C=O) groups excluding carboxylic acids is 2. The number of benzene rings is 2. The van der Waals surface area contributed by atoms with Crippen LogP contribution in [-0.2, 0) is 4.79 Å². The van der Waals surface area contributed by atoms with Crippen LogP contribution in [0.25, 0.3) is 0 Å². The van der Waals surface area contributed by atoms with Gasteiger partial charge >= 0.3 is 0 Å². The van der Waals surface area contributed by atoms with Crippen molar-refractivity contribution < 1.29 is 9.59 Å². The molecule has 0 aliphatic carbocycles. The van der Waals surface area contributed by atoms with Crippen LogP contribution in [0.5, 0.6) is 0 Å². The average Bonchev–Trinajstić information content (AvgIpc) is 2.73. The van der Waals surface area contributed by atoms with Crippen molar-refractivity contribution in [3.8, 4) is 0 Å². The van der Waals surface area contributed by atoms with Crippen molar-refractivity contribution in [2.45, 2.75) is 26.2 Å². The van der Waals surface area contributed by atoms with Gasteiger partial charge in [-0.25, -0.2) is 0 Å². The van der Waals surface area contributed by atoms with Gasteiger partial charge in [-0.1, -0.05) is 36.2 Å². The molecule has 2 aromatic rings. The van der Waals surface area contributed by atoms with Gasteiger partial charge in [-0.05, 0) is 57.1 Å². The predicted octanol–water partition coefficient (Wildman–Crippen LogP) is 3.72. The van der Waals surface area contributed by atoms with Crippen LogP contribution >= 0.6 is 0 Å². The Morgan fingerprint density at radius 1 is 0.893 bits per heavy atom. The summed E-state index contributed by atoms with van der Waals surface area (Å²) in [7, 11) is 3.52. The number of nitrogens with zero attached hydrogens (tertiary/aromatic N) is 3. The van der Waals surface area contributed by atoms with Gasteiger partial charge < -0.3 is 9.80 Å². The molecular formula is C23H29N3O2. The zero-order valence-electron chi connectivity index (χ0n) is 17.0. The lowest BCUT2D eigenvalue weighted by Gasteiger charge is -2.29. The minimum absolute atomic E-state index is 0.0140. The van der Waals surface area contributed by atoms with Crippen LogP contribution in [0.3, 0.4) is 0 Å². The predicted molar refractivity (Wildman–Crippen MR) is 114 cm³/mol. The number of rotatable bonds is 5. The highest BCUT2D eigenvalue weighted by Gasteiger charge is 2.23. The summed E-state index contributed by atoms with van der Waals surface area (Å²) in [6.07, 6.45) is 3.53. The van der Waals surface area contributed by atoms with E-state index >= 15 is 0 Å². The number of amides is 2. The highest BCUT2D eigenvalue weighted by molar-refractivity contribution is 6.11. The Morgan fingerprint density at radius 3 is 2.21 bits per heavy atom. The molecule has 5 heteroatoms. The van der Waals surface area contributed by atoms with Gasteiger partial charge in [-0.2, -0.15) is 0 Å². The molecule has 0 atom stereocenters. The first-order valence-electron chi connectivity index (χ1n) is 9.90. The van der Waals surface area contributed by atoms with Gasteiger partial charge in [0.25, 0.3) is 5.91 Å². The minimum atomic E-state index is -0.128. The molecule has 148 valence electrons. The molecular weight excluding hydrogens is 350 g/mol. The van der Waals surface area contributed by atoms with Gasteiger partial charge in [-0.3, -0.25) is 14.5 Å². The lowest BCUT2D eigenvalue weighted by molar-refractivity contribution is -0.119. The first-order valence-corrected chi connectivity index (χ1v) is 9.90. The van der Waals surface area contributed by atoms with Crippen LogP contribution in [0.15, 0.2) is 48.5 Å². The van der Waals surface area contributed by atoms with Gasteiger partial charge in [0.2, 0.25) is 5.91 Å². The van der Waals surface area contributed by atoms with E-state index in [-0.39, 0.29) is 11.8 Å². The quantitative estimate of drug-likeness (QED) is 0.795. The van der Waals surface area contributed by atoms with Crippen molar-refractivity contribution >= 4 is 23.2 Å². The van der Waals surface area contributed by atoms with Crippen LogP contribution < -0.4 is 9.80 Å². The lowest BCUT2D eigenvalue weighted by Crippen LogP contribution is -2.41. The number of carbonyl (C=O) groups is 2. The molecule has 0 N–H and O–H groups in total. The first kappa shape index (κ1) is 20.1. The maximum atomic E-state index is 13.1. The third-order valence-corrected chi connectivity index (χ3v) is 5.40. The highest BCUT2D eigenvalue weighted by Crippen LogP contribution is 2.24. The SMILES string of the molecule is Cc1ccc(N(C)C(=O)c2ccccc2N(C)C(=O)CN2CCCCC2)cc1. The van der Waals surface area contributed by atoms with Gasteiger partial charge in [0, 0.05) is 19.8 Å². The largest absolute Gasteiger partial charge is 0.314 e. The smallest absolute Gasteiger partial charge is 0.260 e. The molecule has 1 heterocycles. The third kappa shape index (κ3) is 4.60. The van der Waals surface area contributed by atoms with E-state index < -0.39 is 0 Å². The van der Waals surface area contributed by atoms with E-state index in [4.69, 9.17) is 0 Å². The number of hydrogen-bond donors (Lipinski definition) is 0. The van der Waals surface area contributed by atoms with Gasteiger partial charge in [-0.15, -0.1) is 0 Å². The Labute approximate surface area is 167 Å². The summed E-state index contributed by atoms with van der Waals surface area (Å²) >= 11 is 0. The lowest BCUT2D eigenvalue weighted by atomic mass is 10.1. The molecule has 1 fully saturated rings. The Balaban J connectivity index is 1.78. The fraction of sp³-hybridized carbons (Fsp3) is 0.391. The summed E-state index contributed by atoms with van der Waals surface area (Å²) in [5, 5.41) is 0. The summed E-state index contributed by atoms with van der Waals surface area (Å²) in [6, 6.07) is 15.2. The summed E-state index contributed by atoms with van der Waals surface area (Å²) in [5.41, 5.74) is 3.15. The molecule has 0 saturated carbocycles. The zero-order chi connectivity index (χ0) is 20.1. The second-order valence-electron chi connectivity index (χ2n) is 7.51. The van der Waals surface area contributed by atoms with Crippen LogP contribution in [-0.4, -0.2) is 50.4 Å². The molecule has 5 nitrogen and oxygen atoms in total. The van der Waals surface area contributed by atoms with E-state index in [2.05, 4.69) is 4.90 Å². The molecule has 1 aliphatic heterocycles. The van der Waals surface area contributed by atoms with Crippen LogP contribution in [0.1, 0.15) is 35.2 Å². The summed E-state index contributed by atoms with van der Waals surface area (Å²) in [6.45, 7) is 4.35. The molecule has 2 amide bonds. The summed E-state index contributed by atoms with van der Waals surface area (Å²) in [5.74, 6) is -0.114. The van der Waals surface area contributed by atoms with E-state index in [0.29, 0.717) is 17.8 Å². The average molecular weight is 380 g/mol. The van der Waals surface area contributed by atoms with E-state index in [1.807, 2.05) is 49.4 Å². The number of likely N-dealkylation sites (tertiary alicyclic amines) is 1. The van der Waals surface area contributed by atoms with Crippen LogP contribution in [0, 0.1) is 6.92 Å².